The lowest BCUT2D eigenvalue weighted by molar-refractivity contribution is -0.136. The third-order valence-corrected chi connectivity index (χ3v) is 4.45. The first-order chi connectivity index (χ1) is 10.4. The average molecular weight is 306 g/mol. The van der Waals surface area contributed by atoms with Gasteiger partial charge in [-0.25, -0.2) is 4.39 Å². The van der Waals surface area contributed by atoms with Crippen LogP contribution < -0.4 is 5.32 Å². The first kappa shape index (κ1) is 16.9. The van der Waals surface area contributed by atoms with Crippen LogP contribution in [0.4, 0.5) is 4.39 Å². The molecule has 4 heteroatoms. The van der Waals surface area contributed by atoms with Gasteiger partial charge in [0.25, 0.3) is 0 Å². The van der Waals surface area contributed by atoms with Crippen molar-refractivity contribution >= 4 is 5.91 Å². The quantitative estimate of drug-likeness (QED) is 0.907. The summed E-state index contributed by atoms with van der Waals surface area (Å²) in [4.78, 5) is 14.4. The standard InChI is InChI=1S/C18H27FN2O/c1-12(2)18(22)21(13(3)4)11-15-9-20-10-17(15)14-6-5-7-16(19)8-14/h5-8,12-13,15,17,20H,9-11H2,1-4H3. The number of rotatable bonds is 5. The molecule has 0 spiro atoms. The molecule has 1 heterocycles. The van der Waals surface area contributed by atoms with Crippen LogP contribution in [-0.4, -0.2) is 36.5 Å². The lowest BCUT2D eigenvalue weighted by Gasteiger charge is -2.33. The summed E-state index contributed by atoms with van der Waals surface area (Å²) in [5.41, 5.74) is 1.02. The van der Waals surface area contributed by atoms with Gasteiger partial charge in [-0.3, -0.25) is 4.79 Å². The second kappa shape index (κ2) is 7.23. The summed E-state index contributed by atoms with van der Waals surface area (Å²) in [6.07, 6.45) is 0. The molecule has 122 valence electrons. The largest absolute Gasteiger partial charge is 0.340 e. The number of benzene rings is 1. The van der Waals surface area contributed by atoms with Crippen molar-refractivity contribution in [3.8, 4) is 0 Å². The van der Waals surface area contributed by atoms with Crippen LogP contribution in [0.1, 0.15) is 39.2 Å². The predicted octanol–water partition coefficient (Wildman–Crippen LogP) is 3.02. The molecule has 1 aliphatic rings. The van der Waals surface area contributed by atoms with Crippen molar-refractivity contribution in [1.29, 1.82) is 0 Å². The zero-order valence-corrected chi connectivity index (χ0v) is 14.0. The van der Waals surface area contributed by atoms with Crippen LogP contribution in [0.15, 0.2) is 24.3 Å². The molecule has 1 aromatic carbocycles. The third kappa shape index (κ3) is 3.86. The van der Waals surface area contributed by atoms with Crippen LogP contribution >= 0.6 is 0 Å². The Morgan fingerprint density at radius 3 is 2.64 bits per heavy atom. The summed E-state index contributed by atoms with van der Waals surface area (Å²) >= 11 is 0. The molecule has 1 aliphatic heterocycles. The van der Waals surface area contributed by atoms with Crippen molar-refractivity contribution in [3.63, 3.8) is 0 Å². The number of hydrogen-bond acceptors (Lipinski definition) is 2. The first-order valence-electron chi connectivity index (χ1n) is 8.16. The first-order valence-corrected chi connectivity index (χ1v) is 8.16. The van der Waals surface area contributed by atoms with E-state index in [0.717, 1.165) is 25.2 Å². The minimum atomic E-state index is -0.192. The van der Waals surface area contributed by atoms with Crippen LogP contribution in [0.3, 0.4) is 0 Å². The van der Waals surface area contributed by atoms with Crippen LogP contribution in [0.2, 0.25) is 0 Å². The fourth-order valence-corrected chi connectivity index (χ4v) is 3.19. The fourth-order valence-electron chi connectivity index (χ4n) is 3.19. The molecule has 0 aliphatic carbocycles. The van der Waals surface area contributed by atoms with Gasteiger partial charge in [-0.2, -0.15) is 0 Å². The van der Waals surface area contributed by atoms with Crippen molar-refractivity contribution in [2.75, 3.05) is 19.6 Å². The Bertz CT molecular complexity index is 516. The van der Waals surface area contributed by atoms with Gasteiger partial charge in [0.1, 0.15) is 5.82 Å². The number of amides is 1. The normalized spacial score (nSPS) is 21.6. The molecule has 1 saturated heterocycles. The molecule has 1 fully saturated rings. The van der Waals surface area contributed by atoms with Gasteiger partial charge >= 0.3 is 0 Å². The fraction of sp³-hybridized carbons (Fsp3) is 0.611. The summed E-state index contributed by atoms with van der Waals surface area (Å²) in [6.45, 7) is 10.4. The Morgan fingerprint density at radius 1 is 1.32 bits per heavy atom. The molecule has 2 rings (SSSR count). The van der Waals surface area contributed by atoms with Crippen molar-refractivity contribution in [2.45, 2.75) is 39.7 Å². The van der Waals surface area contributed by atoms with Crippen molar-refractivity contribution < 1.29 is 9.18 Å². The van der Waals surface area contributed by atoms with E-state index in [9.17, 15) is 9.18 Å². The lowest BCUT2D eigenvalue weighted by atomic mass is 9.88. The third-order valence-electron chi connectivity index (χ3n) is 4.45. The van der Waals surface area contributed by atoms with Crippen LogP contribution in [0, 0.1) is 17.7 Å². The van der Waals surface area contributed by atoms with Gasteiger partial charge in [0, 0.05) is 37.5 Å². The second-order valence-electron chi connectivity index (χ2n) is 6.82. The second-order valence-corrected chi connectivity index (χ2v) is 6.82. The monoisotopic (exact) mass is 306 g/mol. The molecule has 22 heavy (non-hydrogen) atoms. The maximum absolute atomic E-state index is 13.5. The lowest BCUT2D eigenvalue weighted by Crippen LogP contribution is -2.43. The van der Waals surface area contributed by atoms with Gasteiger partial charge in [0.15, 0.2) is 0 Å². The number of hydrogen-bond donors (Lipinski definition) is 1. The van der Waals surface area contributed by atoms with Crippen molar-refractivity contribution in [1.82, 2.24) is 10.2 Å². The summed E-state index contributed by atoms with van der Waals surface area (Å²) in [7, 11) is 0. The molecular weight excluding hydrogens is 279 g/mol. The number of halogens is 1. The Labute approximate surface area is 132 Å². The van der Waals surface area contributed by atoms with Gasteiger partial charge in [0.2, 0.25) is 5.91 Å². The van der Waals surface area contributed by atoms with E-state index < -0.39 is 0 Å². The number of carbonyl (C=O) groups is 1. The Balaban J connectivity index is 2.14. The highest BCUT2D eigenvalue weighted by atomic mass is 19.1. The molecule has 1 amide bonds. The molecule has 0 aromatic heterocycles. The van der Waals surface area contributed by atoms with E-state index in [0.29, 0.717) is 5.92 Å². The average Bonchev–Trinajstić information content (AvgIpc) is 2.91. The van der Waals surface area contributed by atoms with Gasteiger partial charge < -0.3 is 10.2 Å². The highest BCUT2D eigenvalue weighted by Gasteiger charge is 2.32. The van der Waals surface area contributed by atoms with Gasteiger partial charge in [-0.1, -0.05) is 26.0 Å². The maximum Gasteiger partial charge on any atom is 0.225 e. The van der Waals surface area contributed by atoms with E-state index in [2.05, 4.69) is 19.2 Å². The van der Waals surface area contributed by atoms with E-state index in [1.165, 1.54) is 6.07 Å². The Hall–Kier alpha value is -1.42. The molecule has 0 saturated carbocycles. The Morgan fingerprint density at radius 2 is 2.05 bits per heavy atom. The minimum absolute atomic E-state index is 0.00406. The zero-order chi connectivity index (χ0) is 16.3. The highest BCUT2D eigenvalue weighted by Crippen LogP contribution is 2.30. The van der Waals surface area contributed by atoms with Gasteiger partial charge in [-0.15, -0.1) is 0 Å². The smallest absolute Gasteiger partial charge is 0.225 e. The number of nitrogens with zero attached hydrogens (tertiary/aromatic N) is 1. The van der Waals surface area contributed by atoms with Crippen LogP contribution in [-0.2, 0) is 4.79 Å². The SMILES string of the molecule is CC(C)C(=O)N(CC1CNCC1c1cccc(F)c1)C(C)C. The molecule has 2 atom stereocenters. The van der Waals surface area contributed by atoms with E-state index in [-0.39, 0.29) is 29.6 Å². The molecule has 2 unspecified atom stereocenters. The maximum atomic E-state index is 13.5. The van der Waals surface area contributed by atoms with Crippen LogP contribution in [0.25, 0.3) is 0 Å². The summed E-state index contributed by atoms with van der Waals surface area (Å²) < 4.78 is 13.5. The summed E-state index contributed by atoms with van der Waals surface area (Å²) in [5.74, 6) is 0.593. The molecule has 3 nitrogen and oxygen atoms in total. The summed E-state index contributed by atoms with van der Waals surface area (Å²) in [6, 6.07) is 7.03. The van der Waals surface area contributed by atoms with Crippen LogP contribution in [0.5, 0.6) is 0 Å². The van der Waals surface area contributed by atoms with Gasteiger partial charge in [0.05, 0.1) is 0 Å². The summed E-state index contributed by atoms with van der Waals surface area (Å²) in [5, 5.41) is 3.39. The number of carbonyl (C=O) groups excluding carboxylic acids is 1. The molecule has 1 N–H and O–H groups in total. The molecular formula is C18H27FN2O. The zero-order valence-electron chi connectivity index (χ0n) is 14.0. The molecule has 1 aromatic rings. The van der Waals surface area contributed by atoms with Crippen molar-refractivity contribution in [3.05, 3.63) is 35.6 Å². The topological polar surface area (TPSA) is 32.3 Å². The van der Waals surface area contributed by atoms with Crippen molar-refractivity contribution in [2.24, 2.45) is 11.8 Å². The highest BCUT2D eigenvalue weighted by molar-refractivity contribution is 5.78. The molecule has 0 radical (unpaired) electrons. The van der Waals surface area contributed by atoms with E-state index in [4.69, 9.17) is 0 Å². The molecule has 0 bridgehead atoms. The number of nitrogens with one attached hydrogen (secondary N) is 1. The van der Waals surface area contributed by atoms with E-state index in [1.807, 2.05) is 24.8 Å². The van der Waals surface area contributed by atoms with E-state index in [1.54, 1.807) is 12.1 Å². The minimum Gasteiger partial charge on any atom is -0.340 e. The van der Waals surface area contributed by atoms with Gasteiger partial charge in [-0.05, 0) is 37.5 Å². The predicted molar refractivity (Wildman–Crippen MR) is 87.2 cm³/mol. The Kier molecular flexibility index (Phi) is 5.57. The van der Waals surface area contributed by atoms with E-state index >= 15 is 0 Å².